The van der Waals surface area contributed by atoms with Crippen LogP contribution >= 0.6 is 23.7 Å². The van der Waals surface area contributed by atoms with E-state index in [2.05, 4.69) is 6.92 Å². The molecule has 0 aliphatic heterocycles. The maximum atomic E-state index is 10.5. The van der Waals surface area contributed by atoms with Gasteiger partial charge >= 0.3 is 5.00 Å². The lowest BCUT2D eigenvalue weighted by atomic mass is 9.95. The Hall–Kier alpha value is -0.650. The lowest BCUT2D eigenvalue weighted by molar-refractivity contribution is -0.380. The fourth-order valence-electron chi connectivity index (χ4n) is 1.19. The van der Waals surface area contributed by atoms with E-state index in [9.17, 15) is 10.1 Å². The second-order valence-corrected chi connectivity index (χ2v) is 4.28. The summed E-state index contributed by atoms with van der Waals surface area (Å²) in [6.45, 7) is 4.11. The van der Waals surface area contributed by atoms with Crippen LogP contribution in [0.3, 0.4) is 0 Å². The molecule has 1 aromatic rings. The van der Waals surface area contributed by atoms with Crippen LogP contribution in [0.5, 0.6) is 0 Å². The molecule has 0 saturated carbocycles. The van der Waals surface area contributed by atoms with Crippen molar-refractivity contribution in [1.29, 1.82) is 0 Å². The summed E-state index contributed by atoms with van der Waals surface area (Å²) in [7, 11) is 0. The largest absolute Gasteiger partial charge is 0.324 e. The van der Waals surface area contributed by atoms with Crippen molar-refractivity contribution in [2.75, 3.05) is 0 Å². The molecular formula is C9H15ClN2O2S. The Morgan fingerprint density at radius 3 is 2.67 bits per heavy atom. The van der Waals surface area contributed by atoms with Gasteiger partial charge in [-0.25, -0.2) is 0 Å². The van der Waals surface area contributed by atoms with Crippen molar-refractivity contribution in [3.8, 4) is 0 Å². The topological polar surface area (TPSA) is 69.2 Å². The van der Waals surface area contributed by atoms with Gasteiger partial charge in [-0.15, -0.1) is 12.4 Å². The van der Waals surface area contributed by atoms with Crippen molar-refractivity contribution in [3.05, 3.63) is 27.1 Å². The predicted molar refractivity (Wildman–Crippen MR) is 64.6 cm³/mol. The standard InChI is InChI=1S/C9H14N2O2S.ClH/c1-3-6(2)9(10)7-4-8(11(12)13)14-5-7;/h4-6,9H,3,10H2,1-2H3;1H/t6?,9-;/m1./s1. The Kier molecular flexibility index (Phi) is 5.79. The van der Waals surface area contributed by atoms with Gasteiger partial charge in [0.25, 0.3) is 0 Å². The van der Waals surface area contributed by atoms with E-state index >= 15 is 0 Å². The Balaban J connectivity index is 0.00000196. The van der Waals surface area contributed by atoms with Gasteiger partial charge in [0.2, 0.25) is 0 Å². The van der Waals surface area contributed by atoms with Gasteiger partial charge in [0.15, 0.2) is 0 Å². The summed E-state index contributed by atoms with van der Waals surface area (Å²) in [6, 6.07) is 1.48. The average Bonchev–Trinajstić information content (AvgIpc) is 2.64. The molecular weight excluding hydrogens is 236 g/mol. The van der Waals surface area contributed by atoms with Gasteiger partial charge in [-0.3, -0.25) is 10.1 Å². The van der Waals surface area contributed by atoms with Gasteiger partial charge in [0.1, 0.15) is 0 Å². The van der Waals surface area contributed by atoms with E-state index in [0.29, 0.717) is 5.92 Å². The fraction of sp³-hybridized carbons (Fsp3) is 0.556. The molecule has 6 heteroatoms. The van der Waals surface area contributed by atoms with Crippen LogP contribution in [0.2, 0.25) is 0 Å². The SMILES string of the molecule is CCC(C)[C@@H](N)c1csc([N+](=O)[O-])c1.Cl. The highest BCUT2D eigenvalue weighted by atomic mass is 35.5. The average molecular weight is 251 g/mol. The maximum absolute atomic E-state index is 10.5. The Morgan fingerprint density at radius 2 is 2.27 bits per heavy atom. The monoisotopic (exact) mass is 250 g/mol. The minimum absolute atomic E-state index is 0. The van der Waals surface area contributed by atoms with Crippen LogP contribution in [0.4, 0.5) is 5.00 Å². The van der Waals surface area contributed by atoms with Gasteiger partial charge in [0, 0.05) is 17.5 Å². The van der Waals surface area contributed by atoms with Gasteiger partial charge in [-0.1, -0.05) is 31.6 Å². The molecule has 2 atom stereocenters. The number of nitro groups is 1. The van der Waals surface area contributed by atoms with Crippen LogP contribution in [-0.2, 0) is 0 Å². The summed E-state index contributed by atoms with van der Waals surface area (Å²) in [6.07, 6.45) is 0.977. The summed E-state index contributed by atoms with van der Waals surface area (Å²) in [4.78, 5) is 10.1. The highest BCUT2D eigenvalue weighted by Gasteiger charge is 2.18. The molecule has 1 heterocycles. The van der Waals surface area contributed by atoms with Crippen LogP contribution in [0, 0.1) is 16.0 Å². The normalized spacial score (nSPS) is 14.1. The second-order valence-electron chi connectivity index (χ2n) is 3.39. The fourth-order valence-corrected chi connectivity index (χ4v) is 1.96. The van der Waals surface area contributed by atoms with E-state index in [1.165, 1.54) is 0 Å². The van der Waals surface area contributed by atoms with E-state index < -0.39 is 0 Å². The van der Waals surface area contributed by atoms with E-state index in [0.717, 1.165) is 23.3 Å². The molecule has 86 valence electrons. The van der Waals surface area contributed by atoms with Crippen molar-refractivity contribution < 1.29 is 4.92 Å². The molecule has 0 bridgehead atoms. The third-order valence-electron chi connectivity index (χ3n) is 2.43. The predicted octanol–water partition coefficient (Wildman–Crippen LogP) is 3.12. The summed E-state index contributed by atoms with van der Waals surface area (Å²) >= 11 is 1.13. The molecule has 15 heavy (non-hydrogen) atoms. The molecule has 0 radical (unpaired) electrons. The maximum Gasteiger partial charge on any atom is 0.324 e. The number of hydrogen-bond acceptors (Lipinski definition) is 4. The van der Waals surface area contributed by atoms with Gasteiger partial charge in [-0.05, 0) is 11.5 Å². The zero-order chi connectivity index (χ0) is 10.7. The van der Waals surface area contributed by atoms with E-state index in [1.54, 1.807) is 11.4 Å². The first-order valence-electron chi connectivity index (χ1n) is 4.54. The molecule has 0 saturated heterocycles. The quantitative estimate of drug-likeness (QED) is 0.659. The molecule has 1 rings (SSSR count). The van der Waals surface area contributed by atoms with E-state index in [1.807, 2.05) is 6.92 Å². The summed E-state index contributed by atoms with van der Waals surface area (Å²) in [5, 5.41) is 12.4. The van der Waals surface area contributed by atoms with Crippen molar-refractivity contribution >= 4 is 28.7 Å². The van der Waals surface area contributed by atoms with Crippen LogP contribution in [-0.4, -0.2) is 4.92 Å². The van der Waals surface area contributed by atoms with Crippen LogP contribution in [0.1, 0.15) is 31.9 Å². The first-order chi connectivity index (χ1) is 6.56. The molecule has 1 aromatic heterocycles. The molecule has 4 nitrogen and oxygen atoms in total. The Morgan fingerprint density at radius 1 is 1.67 bits per heavy atom. The zero-order valence-electron chi connectivity index (χ0n) is 8.67. The van der Waals surface area contributed by atoms with E-state index in [4.69, 9.17) is 5.73 Å². The number of nitrogens with zero attached hydrogens (tertiary/aromatic N) is 1. The number of halogens is 1. The lowest BCUT2D eigenvalue weighted by Crippen LogP contribution is -2.17. The summed E-state index contributed by atoms with van der Waals surface area (Å²) in [5.74, 6) is 0.351. The minimum Gasteiger partial charge on any atom is -0.324 e. The Labute approximate surface area is 99.0 Å². The summed E-state index contributed by atoms with van der Waals surface area (Å²) in [5.41, 5.74) is 6.82. The van der Waals surface area contributed by atoms with Crippen LogP contribution in [0.25, 0.3) is 0 Å². The van der Waals surface area contributed by atoms with Gasteiger partial charge < -0.3 is 5.73 Å². The number of nitrogens with two attached hydrogens (primary N) is 1. The van der Waals surface area contributed by atoms with Gasteiger partial charge in [0.05, 0.1) is 4.92 Å². The molecule has 2 N–H and O–H groups in total. The molecule has 1 unspecified atom stereocenters. The van der Waals surface area contributed by atoms with Crippen LogP contribution in [0.15, 0.2) is 11.4 Å². The highest BCUT2D eigenvalue weighted by Crippen LogP contribution is 2.29. The smallest absolute Gasteiger partial charge is 0.324 e. The molecule has 0 aliphatic carbocycles. The third kappa shape index (κ3) is 3.44. The third-order valence-corrected chi connectivity index (χ3v) is 3.33. The number of rotatable bonds is 4. The van der Waals surface area contributed by atoms with Crippen molar-refractivity contribution in [2.24, 2.45) is 11.7 Å². The van der Waals surface area contributed by atoms with Crippen molar-refractivity contribution in [2.45, 2.75) is 26.3 Å². The minimum atomic E-state index is -0.377. The molecule has 0 fully saturated rings. The van der Waals surface area contributed by atoms with E-state index in [-0.39, 0.29) is 28.4 Å². The molecule has 0 amide bonds. The van der Waals surface area contributed by atoms with Crippen molar-refractivity contribution in [1.82, 2.24) is 0 Å². The Bertz CT molecular complexity index is 330. The van der Waals surface area contributed by atoms with Crippen LogP contribution < -0.4 is 5.73 Å². The molecule has 0 aromatic carbocycles. The highest BCUT2D eigenvalue weighted by molar-refractivity contribution is 7.13. The second kappa shape index (κ2) is 6.05. The lowest BCUT2D eigenvalue weighted by Gasteiger charge is -2.16. The first kappa shape index (κ1) is 14.3. The van der Waals surface area contributed by atoms with Gasteiger partial charge in [-0.2, -0.15) is 0 Å². The number of thiophene rings is 1. The number of hydrogen-bond donors (Lipinski definition) is 1. The molecule has 0 aliphatic rings. The zero-order valence-corrected chi connectivity index (χ0v) is 10.3. The first-order valence-corrected chi connectivity index (χ1v) is 5.42. The molecule has 0 spiro atoms. The van der Waals surface area contributed by atoms with Crippen molar-refractivity contribution in [3.63, 3.8) is 0 Å². The summed E-state index contributed by atoms with van der Waals surface area (Å²) < 4.78 is 0.